The highest BCUT2D eigenvalue weighted by Gasteiger charge is 2.04. The highest BCUT2D eigenvalue weighted by atomic mass is 16.3. The summed E-state index contributed by atoms with van der Waals surface area (Å²) in [5.74, 6) is 1.71. The van der Waals surface area contributed by atoms with Gasteiger partial charge in [0.25, 0.3) is 0 Å². The summed E-state index contributed by atoms with van der Waals surface area (Å²) in [6, 6.07) is 12.6. The number of hydrogen-bond acceptors (Lipinski definition) is 4. The van der Waals surface area contributed by atoms with Crippen LogP contribution >= 0.6 is 0 Å². The van der Waals surface area contributed by atoms with Gasteiger partial charge in [-0.3, -0.25) is 4.98 Å². The average Bonchev–Trinajstić information content (AvgIpc) is 3.16. The molecular weight excluding hydrogens is 322 g/mol. The van der Waals surface area contributed by atoms with Crippen LogP contribution in [0.15, 0.2) is 53.3 Å². The molecule has 2 N–H and O–H groups in total. The average molecular weight is 351 g/mol. The number of rotatable bonds is 10. The maximum atomic E-state index is 5.31. The van der Waals surface area contributed by atoms with Crippen LogP contribution < -0.4 is 10.6 Å². The lowest BCUT2D eigenvalue weighted by molar-refractivity contribution is 0.482. The molecule has 0 bridgehead atoms. The van der Waals surface area contributed by atoms with Crippen molar-refractivity contribution >= 4 is 16.6 Å². The van der Waals surface area contributed by atoms with E-state index in [0.717, 1.165) is 55.4 Å². The summed E-state index contributed by atoms with van der Waals surface area (Å²) in [5, 5.41) is 8.14. The van der Waals surface area contributed by atoms with Crippen molar-refractivity contribution < 1.29 is 4.42 Å². The van der Waals surface area contributed by atoms with Gasteiger partial charge >= 0.3 is 0 Å². The van der Waals surface area contributed by atoms with E-state index in [1.165, 1.54) is 17.4 Å². The SMILES string of the molecule is CC(C)CCc1ccc2c(NCCCNCc3ccco3)ccnc2c1. The predicted molar refractivity (Wildman–Crippen MR) is 108 cm³/mol. The predicted octanol–water partition coefficient (Wildman–Crippen LogP) is 5.01. The molecule has 3 rings (SSSR count). The first-order chi connectivity index (χ1) is 12.7. The maximum absolute atomic E-state index is 5.31. The Morgan fingerprint density at radius 1 is 1.12 bits per heavy atom. The fourth-order valence-corrected chi connectivity index (χ4v) is 3.02. The van der Waals surface area contributed by atoms with E-state index in [1.54, 1.807) is 6.26 Å². The van der Waals surface area contributed by atoms with Crippen LogP contribution in [-0.4, -0.2) is 18.1 Å². The first kappa shape index (κ1) is 18.5. The first-order valence-corrected chi connectivity index (χ1v) is 9.57. The summed E-state index contributed by atoms with van der Waals surface area (Å²) in [6.07, 6.45) is 6.99. The zero-order valence-electron chi connectivity index (χ0n) is 15.8. The lowest BCUT2D eigenvalue weighted by Crippen LogP contribution is -2.17. The Balaban J connectivity index is 1.49. The molecule has 0 aliphatic carbocycles. The smallest absolute Gasteiger partial charge is 0.117 e. The van der Waals surface area contributed by atoms with Crippen LogP contribution in [0.4, 0.5) is 5.69 Å². The number of fused-ring (bicyclic) bond motifs is 1. The first-order valence-electron chi connectivity index (χ1n) is 9.57. The second-order valence-electron chi connectivity index (χ2n) is 7.18. The summed E-state index contributed by atoms with van der Waals surface area (Å²) in [5.41, 5.74) is 3.61. The van der Waals surface area contributed by atoms with E-state index < -0.39 is 0 Å². The van der Waals surface area contributed by atoms with Crippen LogP contribution in [0.1, 0.15) is 38.0 Å². The van der Waals surface area contributed by atoms with Crippen molar-refractivity contribution in [3.05, 3.63) is 60.2 Å². The third-order valence-electron chi connectivity index (χ3n) is 4.54. The summed E-state index contributed by atoms with van der Waals surface area (Å²) in [7, 11) is 0. The van der Waals surface area contributed by atoms with Gasteiger partial charge < -0.3 is 15.1 Å². The molecule has 0 saturated carbocycles. The van der Waals surface area contributed by atoms with Gasteiger partial charge in [-0.2, -0.15) is 0 Å². The van der Waals surface area contributed by atoms with E-state index >= 15 is 0 Å². The summed E-state index contributed by atoms with van der Waals surface area (Å²) < 4.78 is 5.31. The number of aryl methyl sites for hydroxylation is 1. The van der Waals surface area contributed by atoms with Crippen LogP contribution in [0, 0.1) is 5.92 Å². The molecule has 0 aliphatic rings. The maximum Gasteiger partial charge on any atom is 0.117 e. The number of anilines is 1. The lowest BCUT2D eigenvalue weighted by atomic mass is 10.0. The van der Waals surface area contributed by atoms with Crippen LogP contribution in [-0.2, 0) is 13.0 Å². The van der Waals surface area contributed by atoms with Gasteiger partial charge in [-0.1, -0.05) is 26.0 Å². The van der Waals surface area contributed by atoms with Crippen molar-refractivity contribution in [1.82, 2.24) is 10.3 Å². The molecule has 0 spiro atoms. The van der Waals surface area contributed by atoms with Gasteiger partial charge in [0.15, 0.2) is 0 Å². The van der Waals surface area contributed by atoms with E-state index in [2.05, 4.69) is 53.7 Å². The van der Waals surface area contributed by atoms with Crippen LogP contribution in [0.25, 0.3) is 10.9 Å². The topological polar surface area (TPSA) is 50.1 Å². The molecule has 4 heteroatoms. The Hall–Kier alpha value is -2.33. The van der Waals surface area contributed by atoms with Gasteiger partial charge in [-0.15, -0.1) is 0 Å². The highest BCUT2D eigenvalue weighted by Crippen LogP contribution is 2.23. The Kier molecular flexibility index (Phi) is 6.67. The minimum atomic E-state index is 0.730. The molecule has 0 radical (unpaired) electrons. The zero-order valence-corrected chi connectivity index (χ0v) is 15.8. The Labute approximate surface area is 156 Å². The molecule has 0 amide bonds. The molecule has 26 heavy (non-hydrogen) atoms. The summed E-state index contributed by atoms with van der Waals surface area (Å²) in [6.45, 7) is 7.20. The second kappa shape index (κ2) is 9.39. The molecule has 0 atom stereocenters. The molecule has 0 aliphatic heterocycles. The van der Waals surface area contributed by atoms with E-state index in [-0.39, 0.29) is 0 Å². The van der Waals surface area contributed by atoms with Gasteiger partial charge in [0.05, 0.1) is 18.3 Å². The third kappa shape index (κ3) is 5.33. The molecule has 3 aromatic rings. The monoisotopic (exact) mass is 351 g/mol. The Morgan fingerprint density at radius 3 is 2.85 bits per heavy atom. The summed E-state index contributed by atoms with van der Waals surface area (Å²) in [4.78, 5) is 4.55. The van der Waals surface area contributed by atoms with Crippen molar-refractivity contribution in [2.24, 2.45) is 5.92 Å². The molecule has 0 saturated heterocycles. The fourth-order valence-electron chi connectivity index (χ4n) is 3.02. The minimum absolute atomic E-state index is 0.730. The van der Waals surface area contributed by atoms with E-state index in [4.69, 9.17) is 4.42 Å². The van der Waals surface area contributed by atoms with Gasteiger partial charge in [0.1, 0.15) is 5.76 Å². The van der Waals surface area contributed by atoms with E-state index in [0.29, 0.717) is 0 Å². The van der Waals surface area contributed by atoms with Crippen LogP contribution in [0.3, 0.4) is 0 Å². The number of pyridine rings is 1. The minimum Gasteiger partial charge on any atom is -0.468 e. The van der Waals surface area contributed by atoms with Crippen molar-refractivity contribution in [2.45, 2.75) is 39.7 Å². The molecule has 2 aromatic heterocycles. The highest BCUT2D eigenvalue weighted by molar-refractivity contribution is 5.91. The molecule has 2 heterocycles. The Bertz CT molecular complexity index is 796. The standard InChI is InChI=1S/C22H29N3O/c1-17(2)6-7-18-8-9-20-21(10-13-25-22(20)15-18)24-12-4-11-23-16-19-5-3-14-26-19/h3,5,8-10,13-15,17,23H,4,6-7,11-12,16H2,1-2H3,(H,24,25). The van der Waals surface area contributed by atoms with E-state index in [1.807, 2.05) is 18.3 Å². The number of hydrogen-bond donors (Lipinski definition) is 2. The number of nitrogens with one attached hydrogen (secondary N) is 2. The summed E-state index contributed by atoms with van der Waals surface area (Å²) >= 11 is 0. The van der Waals surface area contributed by atoms with Gasteiger partial charge in [0.2, 0.25) is 0 Å². The molecule has 0 fully saturated rings. The Morgan fingerprint density at radius 2 is 2.04 bits per heavy atom. The number of furan rings is 1. The van der Waals surface area contributed by atoms with Crippen molar-refractivity contribution in [2.75, 3.05) is 18.4 Å². The second-order valence-corrected chi connectivity index (χ2v) is 7.18. The van der Waals surface area contributed by atoms with Crippen LogP contribution in [0.5, 0.6) is 0 Å². The van der Waals surface area contributed by atoms with Gasteiger partial charge in [-0.25, -0.2) is 0 Å². The molecular formula is C22H29N3O. The normalized spacial score (nSPS) is 11.3. The lowest BCUT2D eigenvalue weighted by Gasteiger charge is -2.11. The number of aromatic nitrogens is 1. The zero-order chi connectivity index (χ0) is 18.2. The molecule has 4 nitrogen and oxygen atoms in total. The van der Waals surface area contributed by atoms with Crippen molar-refractivity contribution in [1.29, 1.82) is 0 Å². The molecule has 138 valence electrons. The number of nitrogens with zero attached hydrogens (tertiary/aromatic N) is 1. The van der Waals surface area contributed by atoms with Crippen LogP contribution in [0.2, 0.25) is 0 Å². The van der Waals surface area contributed by atoms with Gasteiger partial charge in [-0.05, 0) is 61.6 Å². The molecule has 0 unspecified atom stereocenters. The third-order valence-corrected chi connectivity index (χ3v) is 4.54. The number of benzene rings is 1. The largest absolute Gasteiger partial charge is 0.468 e. The quantitative estimate of drug-likeness (QED) is 0.504. The van der Waals surface area contributed by atoms with Crippen molar-refractivity contribution in [3.63, 3.8) is 0 Å². The molecule has 1 aromatic carbocycles. The van der Waals surface area contributed by atoms with E-state index in [9.17, 15) is 0 Å². The van der Waals surface area contributed by atoms with Crippen molar-refractivity contribution in [3.8, 4) is 0 Å². The van der Waals surface area contributed by atoms with Gasteiger partial charge in [0, 0.05) is 23.8 Å². The fraction of sp³-hybridized carbons (Fsp3) is 0.409.